The summed E-state index contributed by atoms with van der Waals surface area (Å²) in [4.78, 5) is 27.2. The van der Waals surface area contributed by atoms with Gasteiger partial charge in [0.1, 0.15) is 11.8 Å². The van der Waals surface area contributed by atoms with Crippen molar-refractivity contribution in [2.24, 2.45) is 0 Å². The number of rotatable bonds is 9. The molecule has 2 amide bonds. The molecule has 1 fully saturated rings. The van der Waals surface area contributed by atoms with Crippen LogP contribution < -0.4 is 19.5 Å². The van der Waals surface area contributed by atoms with E-state index in [1.54, 1.807) is 49.5 Å². The Balaban J connectivity index is 1.64. The smallest absolute Gasteiger partial charge is 0.247 e. The van der Waals surface area contributed by atoms with Crippen molar-refractivity contribution >= 4 is 23.6 Å². The second kappa shape index (κ2) is 11.2. The Labute approximate surface area is 189 Å². The molecule has 0 bridgehead atoms. The van der Waals surface area contributed by atoms with E-state index in [0.29, 0.717) is 42.5 Å². The number of likely N-dealkylation sites (tertiary alicyclic amines) is 1. The molecule has 0 radical (unpaired) electrons. The number of anilines is 1. The number of hydrogen-bond donors (Lipinski definition) is 1. The van der Waals surface area contributed by atoms with Gasteiger partial charge in [-0.05, 0) is 67.3 Å². The minimum absolute atomic E-state index is 0.187. The Kier molecular flexibility index (Phi) is 8.14. The standard InChI is InChI=1S/C25H30N2O5/c1-4-16-32-22-13-7-18(17-23(22)31-3)8-14-24(28)27-15-5-6-21(27)25(29)26-19-9-11-20(30-2)12-10-19/h7-14,17,21H,4-6,15-16H2,1-3H3,(H,26,29). The van der Waals surface area contributed by atoms with Gasteiger partial charge in [-0.3, -0.25) is 9.59 Å². The van der Waals surface area contributed by atoms with Crippen LogP contribution in [0.4, 0.5) is 5.69 Å². The number of amides is 2. The lowest BCUT2D eigenvalue weighted by Gasteiger charge is -2.22. The van der Waals surface area contributed by atoms with Crippen LogP contribution >= 0.6 is 0 Å². The van der Waals surface area contributed by atoms with Crippen LogP contribution in [0.1, 0.15) is 31.7 Å². The molecule has 3 rings (SSSR count). The van der Waals surface area contributed by atoms with Crippen LogP contribution in [0.2, 0.25) is 0 Å². The van der Waals surface area contributed by atoms with E-state index in [0.717, 1.165) is 18.4 Å². The molecule has 7 nitrogen and oxygen atoms in total. The fourth-order valence-corrected chi connectivity index (χ4v) is 3.59. The Morgan fingerprint density at radius 3 is 2.56 bits per heavy atom. The van der Waals surface area contributed by atoms with Gasteiger partial charge in [0, 0.05) is 18.3 Å². The molecule has 1 unspecified atom stereocenters. The summed E-state index contributed by atoms with van der Waals surface area (Å²) in [5.74, 6) is 1.63. The van der Waals surface area contributed by atoms with Crippen molar-refractivity contribution in [2.45, 2.75) is 32.2 Å². The summed E-state index contributed by atoms with van der Waals surface area (Å²) in [6, 6.07) is 12.2. The summed E-state index contributed by atoms with van der Waals surface area (Å²) in [7, 11) is 3.18. The van der Waals surface area contributed by atoms with Gasteiger partial charge in [0.05, 0.1) is 20.8 Å². The second-order valence-electron chi connectivity index (χ2n) is 7.50. The minimum Gasteiger partial charge on any atom is -0.497 e. The molecule has 0 aliphatic carbocycles. The lowest BCUT2D eigenvalue weighted by molar-refractivity contribution is -0.132. The minimum atomic E-state index is -0.492. The summed E-state index contributed by atoms with van der Waals surface area (Å²) in [6.45, 7) is 3.20. The normalized spacial score (nSPS) is 15.6. The zero-order valence-corrected chi connectivity index (χ0v) is 18.8. The van der Waals surface area contributed by atoms with E-state index in [9.17, 15) is 9.59 Å². The maximum absolute atomic E-state index is 12.8. The Morgan fingerprint density at radius 1 is 1.09 bits per heavy atom. The van der Waals surface area contributed by atoms with Crippen molar-refractivity contribution in [2.75, 3.05) is 32.7 Å². The molecule has 32 heavy (non-hydrogen) atoms. The van der Waals surface area contributed by atoms with Crippen LogP contribution in [0.3, 0.4) is 0 Å². The van der Waals surface area contributed by atoms with Crippen molar-refractivity contribution in [3.63, 3.8) is 0 Å². The lowest BCUT2D eigenvalue weighted by Crippen LogP contribution is -2.42. The van der Waals surface area contributed by atoms with Crippen LogP contribution in [0, 0.1) is 0 Å². The highest BCUT2D eigenvalue weighted by atomic mass is 16.5. The van der Waals surface area contributed by atoms with E-state index in [-0.39, 0.29) is 11.8 Å². The van der Waals surface area contributed by atoms with Crippen molar-refractivity contribution in [3.05, 3.63) is 54.1 Å². The molecule has 0 saturated carbocycles. The van der Waals surface area contributed by atoms with Gasteiger partial charge in [0.15, 0.2) is 11.5 Å². The van der Waals surface area contributed by atoms with Crippen molar-refractivity contribution < 1.29 is 23.8 Å². The largest absolute Gasteiger partial charge is 0.497 e. The summed E-state index contributed by atoms with van der Waals surface area (Å²) in [6.07, 6.45) is 5.56. The quantitative estimate of drug-likeness (QED) is 0.596. The first-order valence-electron chi connectivity index (χ1n) is 10.8. The molecule has 2 aromatic carbocycles. The highest BCUT2D eigenvalue weighted by Gasteiger charge is 2.33. The van der Waals surface area contributed by atoms with E-state index < -0.39 is 6.04 Å². The highest BCUT2D eigenvalue weighted by Crippen LogP contribution is 2.29. The monoisotopic (exact) mass is 438 g/mol. The highest BCUT2D eigenvalue weighted by molar-refractivity contribution is 6.00. The van der Waals surface area contributed by atoms with E-state index in [1.165, 1.54) is 6.08 Å². The summed E-state index contributed by atoms with van der Waals surface area (Å²) < 4.78 is 16.2. The van der Waals surface area contributed by atoms with Gasteiger partial charge in [0.25, 0.3) is 0 Å². The molecule has 1 atom stereocenters. The molecule has 1 heterocycles. The first-order valence-corrected chi connectivity index (χ1v) is 10.8. The lowest BCUT2D eigenvalue weighted by atomic mass is 10.1. The number of benzene rings is 2. The summed E-state index contributed by atoms with van der Waals surface area (Å²) >= 11 is 0. The predicted octanol–water partition coefficient (Wildman–Crippen LogP) is 4.14. The number of carbonyl (C=O) groups excluding carboxylic acids is 2. The zero-order valence-electron chi connectivity index (χ0n) is 18.8. The number of nitrogens with one attached hydrogen (secondary N) is 1. The molecular formula is C25H30N2O5. The topological polar surface area (TPSA) is 77.1 Å². The Bertz CT molecular complexity index is 955. The summed E-state index contributed by atoms with van der Waals surface area (Å²) in [5, 5.41) is 2.89. The van der Waals surface area contributed by atoms with Gasteiger partial charge < -0.3 is 24.4 Å². The zero-order chi connectivity index (χ0) is 22.9. The fraction of sp³-hybridized carbons (Fsp3) is 0.360. The number of ether oxygens (including phenoxy) is 3. The first kappa shape index (κ1) is 23.2. The van der Waals surface area contributed by atoms with Gasteiger partial charge in [0.2, 0.25) is 11.8 Å². The molecule has 1 aliphatic heterocycles. The third kappa shape index (κ3) is 5.81. The first-order chi connectivity index (χ1) is 15.5. The predicted molar refractivity (Wildman–Crippen MR) is 124 cm³/mol. The third-order valence-electron chi connectivity index (χ3n) is 5.26. The van der Waals surface area contributed by atoms with Crippen molar-refractivity contribution in [1.29, 1.82) is 0 Å². The van der Waals surface area contributed by atoms with Crippen molar-refractivity contribution in [1.82, 2.24) is 4.90 Å². The number of nitrogens with zero attached hydrogens (tertiary/aromatic N) is 1. The van der Waals surface area contributed by atoms with Crippen LogP contribution in [0.5, 0.6) is 17.2 Å². The molecule has 1 saturated heterocycles. The van der Waals surface area contributed by atoms with E-state index in [2.05, 4.69) is 5.32 Å². The number of carbonyl (C=O) groups is 2. The number of hydrogen-bond acceptors (Lipinski definition) is 5. The Morgan fingerprint density at radius 2 is 1.88 bits per heavy atom. The van der Waals surface area contributed by atoms with Gasteiger partial charge in [-0.2, -0.15) is 0 Å². The van der Waals surface area contributed by atoms with Crippen LogP contribution in [-0.4, -0.2) is 50.1 Å². The van der Waals surface area contributed by atoms with Gasteiger partial charge in [-0.1, -0.05) is 13.0 Å². The molecule has 7 heteroatoms. The SMILES string of the molecule is CCCOc1ccc(C=CC(=O)N2CCCC2C(=O)Nc2ccc(OC)cc2)cc1OC. The van der Waals surface area contributed by atoms with E-state index in [4.69, 9.17) is 14.2 Å². The Hall–Kier alpha value is -3.48. The van der Waals surface area contributed by atoms with E-state index in [1.807, 2.05) is 25.1 Å². The maximum atomic E-state index is 12.8. The van der Waals surface area contributed by atoms with Gasteiger partial charge in [-0.15, -0.1) is 0 Å². The molecule has 0 aromatic heterocycles. The third-order valence-corrected chi connectivity index (χ3v) is 5.26. The molecule has 1 N–H and O–H groups in total. The molecule has 170 valence electrons. The van der Waals surface area contributed by atoms with E-state index >= 15 is 0 Å². The van der Waals surface area contributed by atoms with Crippen molar-refractivity contribution in [3.8, 4) is 17.2 Å². The van der Waals surface area contributed by atoms with Gasteiger partial charge in [-0.25, -0.2) is 0 Å². The second-order valence-corrected chi connectivity index (χ2v) is 7.50. The molecular weight excluding hydrogens is 408 g/mol. The number of methoxy groups -OCH3 is 2. The fourth-order valence-electron chi connectivity index (χ4n) is 3.59. The van der Waals surface area contributed by atoms with Crippen LogP contribution in [-0.2, 0) is 9.59 Å². The average molecular weight is 439 g/mol. The molecule has 1 aliphatic rings. The van der Waals surface area contributed by atoms with Gasteiger partial charge >= 0.3 is 0 Å². The molecule has 0 spiro atoms. The van der Waals surface area contributed by atoms with Crippen LogP contribution in [0.15, 0.2) is 48.5 Å². The maximum Gasteiger partial charge on any atom is 0.247 e. The molecule has 2 aromatic rings. The van der Waals surface area contributed by atoms with Crippen LogP contribution in [0.25, 0.3) is 6.08 Å². The summed E-state index contributed by atoms with van der Waals surface area (Å²) in [5.41, 5.74) is 1.49. The average Bonchev–Trinajstić information content (AvgIpc) is 3.32.